The van der Waals surface area contributed by atoms with Crippen LogP contribution >= 0.6 is 0 Å². The van der Waals surface area contributed by atoms with Gasteiger partial charge in [-0.25, -0.2) is 4.79 Å². The molecule has 0 spiro atoms. The molecule has 0 amide bonds. The van der Waals surface area contributed by atoms with E-state index in [1.807, 2.05) is 24.0 Å². The highest BCUT2D eigenvalue weighted by Crippen LogP contribution is 2.39. The van der Waals surface area contributed by atoms with E-state index >= 15 is 0 Å². The second-order valence-electron chi connectivity index (χ2n) is 6.29. The van der Waals surface area contributed by atoms with Crippen molar-refractivity contribution >= 4 is 11.7 Å². The highest BCUT2D eigenvalue weighted by molar-refractivity contribution is 5.84. The fourth-order valence-corrected chi connectivity index (χ4v) is 2.46. The van der Waals surface area contributed by atoms with Gasteiger partial charge in [-0.15, -0.1) is 0 Å². The number of anilines is 1. The first-order valence-electron chi connectivity index (χ1n) is 7.05. The average molecular weight is 277 g/mol. The van der Waals surface area contributed by atoms with E-state index < -0.39 is 11.5 Å². The fourth-order valence-electron chi connectivity index (χ4n) is 2.46. The van der Waals surface area contributed by atoms with Crippen molar-refractivity contribution in [3.8, 4) is 5.75 Å². The molecular formula is C16H23NO3. The molecule has 20 heavy (non-hydrogen) atoms. The molecule has 2 rings (SSSR count). The third-order valence-corrected chi connectivity index (χ3v) is 3.91. The Hall–Kier alpha value is -1.71. The number of hydrogen-bond donors (Lipinski definition) is 1. The summed E-state index contributed by atoms with van der Waals surface area (Å²) in [5.41, 5.74) is 1.11. The quantitative estimate of drug-likeness (QED) is 0.921. The minimum atomic E-state index is -0.956. The number of carboxylic acid groups (broad SMARTS) is 1. The lowest BCUT2D eigenvalue weighted by molar-refractivity contribution is -0.142. The lowest BCUT2D eigenvalue weighted by atomic mass is 9.96. The average Bonchev–Trinajstić information content (AvgIpc) is 2.36. The molecular weight excluding hydrogens is 254 g/mol. The monoisotopic (exact) mass is 277 g/mol. The van der Waals surface area contributed by atoms with Crippen molar-refractivity contribution in [2.75, 3.05) is 11.4 Å². The third kappa shape index (κ3) is 2.47. The van der Waals surface area contributed by atoms with E-state index in [1.54, 1.807) is 13.8 Å². The van der Waals surface area contributed by atoms with Crippen LogP contribution in [0.3, 0.4) is 0 Å². The molecule has 0 fully saturated rings. The minimum absolute atomic E-state index is 0.0222. The minimum Gasteiger partial charge on any atom is -0.487 e. The zero-order valence-electron chi connectivity index (χ0n) is 12.8. The van der Waals surface area contributed by atoms with E-state index in [4.69, 9.17) is 4.74 Å². The van der Waals surface area contributed by atoms with E-state index in [9.17, 15) is 9.90 Å². The third-order valence-electron chi connectivity index (χ3n) is 3.91. The van der Waals surface area contributed by atoms with Crippen LogP contribution in [0.5, 0.6) is 5.75 Å². The number of ether oxygens (including phenoxy) is 1. The highest BCUT2D eigenvalue weighted by Gasteiger charge is 2.39. The molecule has 1 aromatic carbocycles. The molecule has 4 heteroatoms. The SMILES string of the molecule is CC1CN(C(C)(C)C(=O)O)c2cc(C(C)C)ccc2O1. The molecule has 0 aromatic heterocycles. The van der Waals surface area contributed by atoms with Crippen molar-refractivity contribution in [1.29, 1.82) is 0 Å². The standard InChI is InChI=1S/C16H23NO3/c1-10(2)12-6-7-14-13(8-12)17(9-11(3)20-14)16(4,5)15(18)19/h6-8,10-11H,9H2,1-5H3,(H,18,19). The lowest BCUT2D eigenvalue weighted by Crippen LogP contribution is -2.55. The summed E-state index contributed by atoms with van der Waals surface area (Å²) in [5.74, 6) is 0.337. The van der Waals surface area contributed by atoms with Crippen molar-refractivity contribution in [1.82, 2.24) is 0 Å². The molecule has 1 aliphatic heterocycles. The van der Waals surface area contributed by atoms with E-state index in [2.05, 4.69) is 19.9 Å². The van der Waals surface area contributed by atoms with Gasteiger partial charge in [-0.3, -0.25) is 0 Å². The first kappa shape index (κ1) is 14.7. The summed E-state index contributed by atoms with van der Waals surface area (Å²) in [4.78, 5) is 13.5. The molecule has 0 bridgehead atoms. The van der Waals surface area contributed by atoms with Crippen LogP contribution in [0.15, 0.2) is 18.2 Å². The van der Waals surface area contributed by atoms with Gasteiger partial charge < -0.3 is 14.7 Å². The van der Waals surface area contributed by atoms with E-state index in [0.717, 1.165) is 11.4 Å². The van der Waals surface area contributed by atoms with Crippen LogP contribution in [0, 0.1) is 0 Å². The number of carbonyl (C=O) groups is 1. The van der Waals surface area contributed by atoms with Crippen LogP contribution in [-0.4, -0.2) is 29.3 Å². The Bertz CT molecular complexity index is 522. The van der Waals surface area contributed by atoms with Crippen LogP contribution in [0.25, 0.3) is 0 Å². The number of rotatable bonds is 3. The van der Waals surface area contributed by atoms with Crippen LogP contribution in [-0.2, 0) is 4.79 Å². The maximum absolute atomic E-state index is 11.6. The number of fused-ring (bicyclic) bond motifs is 1. The number of carboxylic acids is 1. The van der Waals surface area contributed by atoms with Gasteiger partial charge in [0.25, 0.3) is 0 Å². The van der Waals surface area contributed by atoms with Crippen molar-refractivity contribution in [3.05, 3.63) is 23.8 Å². The van der Waals surface area contributed by atoms with Gasteiger partial charge in [0.05, 0.1) is 12.2 Å². The van der Waals surface area contributed by atoms with Crippen LogP contribution in [0.1, 0.15) is 46.1 Å². The second-order valence-corrected chi connectivity index (χ2v) is 6.29. The molecule has 1 aromatic rings. The Labute approximate surface area is 120 Å². The number of nitrogens with zero attached hydrogens (tertiary/aromatic N) is 1. The molecule has 1 aliphatic rings. The number of aliphatic carboxylic acids is 1. The van der Waals surface area contributed by atoms with Gasteiger partial charge in [-0.05, 0) is 44.4 Å². The zero-order valence-corrected chi connectivity index (χ0v) is 12.8. The Morgan fingerprint density at radius 1 is 1.45 bits per heavy atom. The summed E-state index contributed by atoms with van der Waals surface area (Å²) in [5, 5.41) is 9.50. The number of benzene rings is 1. The summed E-state index contributed by atoms with van der Waals surface area (Å²) in [6, 6.07) is 6.05. The normalized spacial score (nSPS) is 18.7. The van der Waals surface area contributed by atoms with Crippen molar-refractivity contribution < 1.29 is 14.6 Å². The maximum atomic E-state index is 11.6. The first-order chi connectivity index (χ1) is 9.23. The fraction of sp³-hybridized carbons (Fsp3) is 0.562. The van der Waals surface area contributed by atoms with Crippen molar-refractivity contribution in [3.63, 3.8) is 0 Å². The Morgan fingerprint density at radius 3 is 2.65 bits per heavy atom. The molecule has 0 saturated carbocycles. The van der Waals surface area contributed by atoms with E-state index in [1.165, 1.54) is 5.56 Å². The number of hydrogen-bond acceptors (Lipinski definition) is 3. The van der Waals surface area contributed by atoms with E-state index in [0.29, 0.717) is 12.5 Å². The van der Waals surface area contributed by atoms with Crippen LogP contribution in [0.2, 0.25) is 0 Å². The topological polar surface area (TPSA) is 49.8 Å². The van der Waals surface area contributed by atoms with Gasteiger partial charge in [-0.1, -0.05) is 19.9 Å². The van der Waals surface area contributed by atoms with Gasteiger partial charge >= 0.3 is 5.97 Å². The van der Waals surface area contributed by atoms with Gasteiger partial charge in [-0.2, -0.15) is 0 Å². The Morgan fingerprint density at radius 2 is 2.10 bits per heavy atom. The second kappa shape index (κ2) is 5.00. The van der Waals surface area contributed by atoms with Gasteiger partial charge in [0, 0.05) is 0 Å². The predicted octanol–water partition coefficient (Wildman–Crippen LogP) is 3.26. The Balaban J connectivity index is 2.52. The predicted molar refractivity (Wildman–Crippen MR) is 79.7 cm³/mol. The molecule has 0 saturated heterocycles. The molecule has 110 valence electrons. The lowest BCUT2D eigenvalue weighted by Gasteiger charge is -2.43. The van der Waals surface area contributed by atoms with Crippen LogP contribution < -0.4 is 9.64 Å². The summed E-state index contributed by atoms with van der Waals surface area (Å²) >= 11 is 0. The molecule has 0 radical (unpaired) electrons. The summed E-state index contributed by atoms with van der Waals surface area (Å²) in [7, 11) is 0. The Kier molecular flexibility index (Phi) is 3.67. The summed E-state index contributed by atoms with van der Waals surface area (Å²) < 4.78 is 5.84. The smallest absolute Gasteiger partial charge is 0.328 e. The molecule has 1 N–H and O–H groups in total. The van der Waals surface area contributed by atoms with Crippen LogP contribution in [0.4, 0.5) is 5.69 Å². The molecule has 4 nitrogen and oxygen atoms in total. The molecule has 1 heterocycles. The van der Waals surface area contributed by atoms with Gasteiger partial charge in [0.2, 0.25) is 0 Å². The highest BCUT2D eigenvalue weighted by atomic mass is 16.5. The maximum Gasteiger partial charge on any atom is 0.328 e. The molecule has 0 aliphatic carbocycles. The van der Waals surface area contributed by atoms with Gasteiger partial charge in [0.15, 0.2) is 0 Å². The molecule has 1 unspecified atom stereocenters. The largest absolute Gasteiger partial charge is 0.487 e. The van der Waals surface area contributed by atoms with Crippen molar-refractivity contribution in [2.45, 2.75) is 52.2 Å². The summed E-state index contributed by atoms with van der Waals surface area (Å²) in [6.45, 7) is 10.3. The van der Waals surface area contributed by atoms with Crippen molar-refractivity contribution in [2.24, 2.45) is 0 Å². The molecule has 1 atom stereocenters. The summed E-state index contributed by atoms with van der Waals surface area (Å²) in [6.07, 6.45) is -0.0222. The van der Waals surface area contributed by atoms with E-state index in [-0.39, 0.29) is 6.10 Å². The zero-order chi connectivity index (χ0) is 15.1. The first-order valence-corrected chi connectivity index (χ1v) is 7.05. The van der Waals surface area contributed by atoms with Gasteiger partial charge in [0.1, 0.15) is 17.4 Å².